The van der Waals surface area contributed by atoms with Crippen LogP contribution in [0.3, 0.4) is 0 Å². The van der Waals surface area contributed by atoms with Gasteiger partial charge in [0.1, 0.15) is 4.21 Å². The molecule has 2 heterocycles. The van der Waals surface area contributed by atoms with Gasteiger partial charge < -0.3 is 4.90 Å². The number of halogens is 1. The van der Waals surface area contributed by atoms with Gasteiger partial charge in [0, 0.05) is 28.6 Å². The zero-order valence-electron chi connectivity index (χ0n) is 12.0. The van der Waals surface area contributed by atoms with E-state index >= 15 is 0 Å². The SMILES string of the molecule is CCCC1CCN(C(=O)Cc2ccc(S(=O)(=O)Cl)s2)CC1. The van der Waals surface area contributed by atoms with Crippen molar-refractivity contribution in [3.63, 3.8) is 0 Å². The molecular weight excluding hydrogens is 330 g/mol. The van der Waals surface area contributed by atoms with Gasteiger partial charge in [0.15, 0.2) is 0 Å². The highest BCUT2D eigenvalue weighted by atomic mass is 35.7. The van der Waals surface area contributed by atoms with Crippen molar-refractivity contribution >= 4 is 37.0 Å². The van der Waals surface area contributed by atoms with Crippen LogP contribution in [0.4, 0.5) is 0 Å². The monoisotopic (exact) mass is 349 g/mol. The molecule has 1 aromatic heterocycles. The normalized spacial score (nSPS) is 17.1. The van der Waals surface area contributed by atoms with Gasteiger partial charge >= 0.3 is 0 Å². The molecule has 0 radical (unpaired) electrons. The van der Waals surface area contributed by atoms with Crippen molar-refractivity contribution in [3.8, 4) is 0 Å². The van der Waals surface area contributed by atoms with Crippen LogP contribution in [0.5, 0.6) is 0 Å². The first-order valence-corrected chi connectivity index (χ1v) is 10.3. The summed E-state index contributed by atoms with van der Waals surface area (Å²) in [4.78, 5) is 14.9. The van der Waals surface area contributed by atoms with Gasteiger partial charge in [-0.1, -0.05) is 19.8 Å². The number of carbonyl (C=O) groups excluding carboxylic acids is 1. The maximum Gasteiger partial charge on any atom is 0.270 e. The van der Waals surface area contributed by atoms with Gasteiger partial charge in [-0.3, -0.25) is 4.79 Å². The van der Waals surface area contributed by atoms with Gasteiger partial charge in [-0.05, 0) is 30.9 Å². The Balaban J connectivity index is 1.89. The summed E-state index contributed by atoms with van der Waals surface area (Å²) < 4.78 is 22.5. The van der Waals surface area contributed by atoms with E-state index in [0.717, 1.165) is 48.1 Å². The molecule has 1 aliphatic heterocycles. The zero-order chi connectivity index (χ0) is 15.5. The fourth-order valence-electron chi connectivity index (χ4n) is 2.72. The molecule has 1 aromatic rings. The van der Waals surface area contributed by atoms with Crippen LogP contribution < -0.4 is 0 Å². The van der Waals surface area contributed by atoms with Crippen molar-refractivity contribution in [3.05, 3.63) is 17.0 Å². The van der Waals surface area contributed by atoms with Gasteiger partial charge in [0.05, 0.1) is 6.42 Å². The molecule has 4 nitrogen and oxygen atoms in total. The molecule has 0 aliphatic carbocycles. The highest BCUT2D eigenvalue weighted by Gasteiger charge is 2.23. The predicted octanol–water partition coefficient (Wildman–Crippen LogP) is 3.26. The predicted molar refractivity (Wildman–Crippen MR) is 85.3 cm³/mol. The van der Waals surface area contributed by atoms with E-state index in [0.29, 0.717) is 0 Å². The Morgan fingerprint density at radius 3 is 2.57 bits per heavy atom. The van der Waals surface area contributed by atoms with Gasteiger partial charge in [0.2, 0.25) is 5.91 Å². The standard InChI is InChI=1S/C14H20ClNO3S2/c1-2-3-11-6-8-16(9-7-11)13(17)10-12-4-5-14(20-12)21(15,18)19/h4-5,11H,2-3,6-10H2,1H3. The number of hydrogen-bond donors (Lipinski definition) is 0. The Bertz CT molecular complexity index is 589. The minimum atomic E-state index is -3.69. The average Bonchev–Trinajstić information content (AvgIpc) is 2.88. The van der Waals surface area contributed by atoms with Crippen LogP contribution in [0.1, 0.15) is 37.5 Å². The Morgan fingerprint density at radius 1 is 1.38 bits per heavy atom. The maximum atomic E-state index is 12.2. The lowest BCUT2D eigenvalue weighted by Crippen LogP contribution is -2.39. The highest BCUT2D eigenvalue weighted by Crippen LogP contribution is 2.26. The first kappa shape index (κ1) is 16.8. The molecule has 1 amide bonds. The third kappa shape index (κ3) is 4.69. The number of amides is 1. The molecule has 1 saturated heterocycles. The van der Waals surface area contributed by atoms with Crippen molar-refractivity contribution in [1.29, 1.82) is 0 Å². The molecule has 1 fully saturated rings. The Morgan fingerprint density at radius 2 is 2.05 bits per heavy atom. The topological polar surface area (TPSA) is 54.5 Å². The lowest BCUT2D eigenvalue weighted by molar-refractivity contribution is -0.131. The average molecular weight is 350 g/mol. The van der Waals surface area contributed by atoms with E-state index in [1.807, 2.05) is 4.90 Å². The molecule has 2 rings (SSSR count). The molecule has 0 unspecified atom stereocenters. The van der Waals surface area contributed by atoms with Crippen LogP contribution >= 0.6 is 22.0 Å². The Kier molecular flexibility index (Phi) is 5.68. The van der Waals surface area contributed by atoms with E-state index in [1.54, 1.807) is 6.07 Å². The minimum absolute atomic E-state index is 0.0744. The molecule has 0 N–H and O–H groups in total. The molecule has 0 spiro atoms. The van der Waals surface area contributed by atoms with Crippen molar-refractivity contribution in [2.45, 2.75) is 43.2 Å². The number of thiophene rings is 1. The van der Waals surface area contributed by atoms with Gasteiger partial charge in [0.25, 0.3) is 9.05 Å². The smallest absolute Gasteiger partial charge is 0.270 e. The van der Waals surface area contributed by atoms with E-state index in [2.05, 4.69) is 6.92 Å². The fourth-order valence-corrected chi connectivity index (χ4v) is 4.84. The van der Waals surface area contributed by atoms with Gasteiger partial charge in [-0.15, -0.1) is 11.3 Å². The first-order chi connectivity index (χ1) is 9.90. The lowest BCUT2D eigenvalue weighted by Gasteiger charge is -2.31. The molecular formula is C14H20ClNO3S2. The summed E-state index contributed by atoms with van der Waals surface area (Å²) in [6.45, 7) is 3.82. The molecule has 0 aromatic carbocycles. The van der Waals surface area contributed by atoms with Crippen LogP contribution in [0.2, 0.25) is 0 Å². The summed E-state index contributed by atoms with van der Waals surface area (Å²) >= 11 is 1.07. The van der Waals surface area contributed by atoms with Crippen LogP contribution in [0.25, 0.3) is 0 Å². The first-order valence-electron chi connectivity index (χ1n) is 7.21. The third-order valence-electron chi connectivity index (χ3n) is 3.87. The van der Waals surface area contributed by atoms with Gasteiger partial charge in [-0.25, -0.2) is 8.42 Å². The quantitative estimate of drug-likeness (QED) is 0.767. The maximum absolute atomic E-state index is 12.2. The Hall–Kier alpha value is -0.590. The van der Waals surface area contributed by atoms with Crippen LogP contribution in [0.15, 0.2) is 16.3 Å². The second-order valence-corrected chi connectivity index (χ2v) is 9.41. The molecule has 1 aliphatic rings. The summed E-state index contributed by atoms with van der Waals surface area (Å²) in [6, 6.07) is 3.13. The fraction of sp³-hybridized carbons (Fsp3) is 0.643. The summed E-state index contributed by atoms with van der Waals surface area (Å²) in [5.41, 5.74) is 0. The summed E-state index contributed by atoms with van der Waals surface area (Å²) in [6.07, 6.45) is 4.85. The van der Waals surface area contributed by atoms with E-state index in [1.165, 1.54) is 18.9 Å². The minimum Gasteiger partial charge on any atom is -0.342 e. The zero-order valence-corrected chi connectivity index (χ0v) is 14.4. The lowest BCUT2D eigenvalue weighted by atomic mass is 9.92. The van der Waals surface area contributed by atoms with Crippen molar-refractivity contribution in [2.24, 2.45) is 5.92 Å². The number of hydrogen-bond acceptors (Lipinski definition) is 4. The molecule has 21 heavy (non-hydrogen) atoms. The Labute approximate surface area is 134 Å². The number of likely N-dealkylation sites (tertiary alicyclic amines) is 1. The largest absolute Gasteiger partial charge is 0.342 e. The number of nitrogens with zero attached hydrogens (tertiary/aromatic N) is 1. The number of rotatable bonds is 5. The molecule has 0 bridgehead atoms. The van der Waals surface area contributed by atoms with Crippen molar-refractivity contribution in [2.75, 3.05) is 13.1 Å². The summed E-state index contributed by atoms with van der Waals surface area (Å²) in [5, 5.41) is 0. The van der Waals surface area contributed by atoms with Gasteiger partial charge in [-0.2, -0.15) is 0 Å². The molecule has 0 saturated carbocycles. The third-order valence-corrected chi connectivity index (χ3v) is 7.04. The summed E-state index contributed by atoms with van der Waals surface area (Å²) in [5.74, 6) is 0.819. The van der Waals surface area contributed by atoms with Crippen LogP contribution in [-0.4, -0.2) is 32.3 Å². The van der Waals surface area contributed by atoms with Crippen molar-refractivity contribution < 1.29 is 13.2 Å². The second-order valence-electron chi connectivity index (χ2n) is 5.45. The highest BCUT2D eigenvalue weighted by molar-refractivity contribution is 8.15. The molecule has 0 atom stereocenters. The summed E-state index contributed by atoms with van der Waals surface area (Å²) in [7, 11) is 1.60. The number of carbonyl (C=O) groups is 1. The van der Waals surface area contributed by atoms with E-state index in [9.17, 15) is 13.2 Å². The van der Waals surface area contributed by atoms with Crippen molar-refractivity contribution in [1.82, 2.24) is 4.90 Å². The van der Waals surface area contributed by atoms with Crippen LogP contribution in [-0.2, 0) is 20.3 Å². The van der Waals surface area contributed by atoms with E-state index in [4.69, 9.17) is 10.7 Å². The molecule has 118 valence electrons. The second kappa shape index (κ2) is 7.11. The number of piperidine rings is 1. The van der Waals surface area contributed by atoms with E-state index in [-0.39, 0.29) is 16.5 Å². The molecule has 7 heteroatoms. The van der Waals surface area contributed by atoms with Crippen LogP contribution in [0, 0.1) is 5.92 Å². The van der Waals surface area contributed by atoms with E-state index < -0.39 is 9.05 Å².